The maximum absolute atomic E-state index is 13.2. The number of benzene rings is 2. The van der Waals surface area contributed by atoms with E-state index in [4.69, 9.17) is 0 Å². The number of sulfonamides is 1. The van der Waals surface area contributed by atoms with Gasteiger partial charge in [-0.1, -0.05) is 24.3 Å². The molecule has 0 aliphatic carbocycles. The Kier molecular flexibility index (Phi) is 7.18. The zero-order valence-corrected chi connectivity index (χ0v) is 19.6. The van der Waals surface area contributed by atoms with E-state index in [-0.39, 0.29) is 0 Å². The van der Waals surface area contributed by atoms with Crippen molar-refractivity contribution in [3.8, 4) is 11.1 Å². The van der Waals surface area contributed by atoms with Crippen molar-refractivity contribution in [1.29, 1.82) is 0 Å². The molecule has 1 saturated heterocycles. The first-order valence-electron chi connectivity index (χ1n) is 10.4. The van der Waals surface area contributed by atoms with Gasteiger partial charge in [0.15, 0.2) is 0 Å². The van der Waals surface area contributed by atoms with E-state index in [0.29, 0.717) is 18.0 Å². The minimum atomic E-state index is -3.54. The summed E-state index contributed by atoms with van der Waals surface area (Å²) in [4.78, 5) is 7.10. The van der Waals surface area contributed by atoms with E-state index in [1.807, 2.05) is 44.1 Å². The maximum Gasteiger partial charge on any atom is 0.243 e. The lowest BCUT2D eigenvalue weighted by atomic mass is 10.0. The summed E-state index contributed by atoms with van der Waals surface area (Å²) in [5.74, 6) is 0. The number of piperazine rings is 1. The van der Waals surface area contributed by atoms with E-state index in [9.17, 15) is 8.42 Å². The predicted octanol–water partition coefficient (Wildman–Crippen LogP) is 2.60. The number of anilines is 1. The molecular formula is C23H34N4O2S. The fraction of sp³-hybridized carbons (Fsp3) is 0.478. The maximum atomic E-state index is 13.2. The molecule has 6 nitrogen and oxygen atoms in total. The molecule has 3 rings (SSSR count). The molecule has 2 aromatic rings. The van der Waals surface area contributed by atoms with E-state index >= 15 is 0 Å². The predicted molar refractivity (Wildman–Crippen MR) is 125 cm³/mol. The molecule has 1 heterocycles. The number of likely N-dealkylation sites (N-methyl/N-ethyl adjacent to an activating group) is 3. The molecule has 0 amide bonds. The SMILES string of the molecule is Cc1ccc(-c2cccc(N3CCN(C)CC3)c2)cc1S(=O)(=O)N(C)CCN(C)C. The Morgan fingerprint density at radius 3 is 2.23 bits per heavy atom. The summed E-state index contributed by atoms with van der Waals surface area (Å²) in [6, 6.07) is 14.1. The second-order valence-corrected chi connectivity index (χ2v) is 10.5. The monoisotopic (exact) mass is 430 g/mol. The normalized spacial score (nSPS) is 15.9. The van der Waals surface area contributed by atoms with Crippen molar-refractivity contribution in [2.24, 2.45) is 0 Å². The van der Waals surface area contributed by atoms with E-state index < -0.39 is 10.0 Å². The molecule has 1 fully saturated rings. The summed E-state index contributed by atoms with van der Waals surface area (Å²) in [6.45, 7) is 7.11. The first-order chi connectivity index (χ1) is 14.2. The fourth-order valence-corrected chi connectivity index (χ4v) is 5.04. The van der Waals surface area contributed by atoms with Gasteiger partial charge in [0.05, 0.1) is 4.90 Å². The van der Waals surface area contributed by atoms with Gasteiger partial charge in [-0.05, 0) is 63.0 Å². The minimum absolute atomic E-state index is 0.381. The first kappa shape index (κ1) is 22.7. The van der Waals surface area contributed by atoms with Crippen LogP contribution in [0.15, 0.2) is 47.4 Å². The van der Waals surface area contributed by atoms with Gasteiger partial charge in [0.25, 0.3) is 0 Å². The third-order valence-corrected chi connectivity index (χ3v) is 7.79. The number of rotatable bonds is 7. The van der Waals surface area contributed by atoms with Gasteiger partial charge in [-0.25, -0.2) is 8.42 Å². The van der Waals surface area contributed by atoms with Crippen LogP contribution in [-0.2, 0) is 10.0 Å². The highest BCUT2D eigenvalue weighted by molar-refractivity contribution is 7.89. The lowest BCUT2D eigenvalue weighted by molar-refractivity contribution is 0.313. The van der Waals surface area contributed by atoms with Gasteiger partial charge >= 0.3 is 0 Å². The smallest absolute Gasteiger partial charge is 0.243 e. The van der Waals surface area contributed by atoms with Crippen LogP contribution < -0.4 is 4.90 Å². The average molecular weight is 431 g/mol. The molecule has 2 aromatic carbocycles. The largest absolute Gasteiger partial charge is 0.369 e. The number of hydrogen-bond donors (Lipinski definition) is 0. The van der Waals surface area contributed by atoms with Crippen LogP contribution in [0.2, 0.25) is 0 Å². The van der Waals surface area contributed by atoms with Gasteiger partial charge in [-0.15, -0.1) is 0 Å². The third-order valence-electron chi connectivity index (χ3n) is 5.79. The van der Waals surface area contributed by atoms with Gasteiger partial charge in [-0.2, -0.15) is 4.31 Å². The number of hydrogen-bond acceptors (Lipinski definition) is 5. The molecule has 0 aromatic heterocycles. The van der Waals surface area contributed by atoms with E-state index in [1.54, 1.807) is 7.05 Å². The van der Waals surface area contributed by atoms with Crippen molar-refractivity contribution >= 4 is 15.7 Å². The second kappa shape index (κ2) is 9.47. The second-order valence-electron chi connectivity index (χ2n) is 8.45. The Labute approximate surface area is 181 Å². The van der Waals surface area contributed by atoms with E-state index in [1.165, 1.54) is 9.99 Å². The van der Waals surface area contributed by atoms with Crippen molar-refractivity contribution < 1.29 is 8.42 Å². The van der Waals surface area contributed by atoms with Gasteiger partial charge in [-0.3, -0.25) is 0 Å². The molecule has 164 valence electrons. The van der Waals surface area contributed by atoms with Gasteiger partial charge in [0, 0.05) is 52.0 Å². The fourth-order valence-electron chi connectivity index (χ4n) is 3.63. The standard InChI is InChI=1S/C23H34N4O2S/c1-19-9-10-21(18-23(19)30(28,29)26(5)14-11-24(2)3)20-7-6-8-22(17-20)27-15-12-25(4)13-16-27/h6-10,17-18H,11-16H2,1-5H3. The summed E-state index contributed by atoms with van der Waals surface area (Å²) in [7, 11) is 4.15. The number of nitrogens with zero attached hydrogens (tertiary/aromatic N) is 4. The molecule has 0 N–H and O–H groups in total. The highest BCUT2D eigenvalue weighted by Crippen LogP contribution is 2.29. The van der Waals surface area contributed by atoms with Gasteiger partial charge < -0.3 is 14.7 Å². The van der Waals surface area contributed by atoms with E-state index in [2.05, 4.69) is 41.1 Å². The topological polar surface area (TPSA) is 47.1 Å². The summed E-state index contributed by atoms with van der Waals surface area (Å²) >= 11 is 0. The third kappa shape index (κ3) is 5.21. The van der Waals surface area contributed by atoms with Crippen molar-refractivity contribution in [2.45, 2.75) is 11.8 Å². The summed E-state index contributed by atoms with van der Waals surface area (Å²) in [5, 5.41) is 0. The van der Waals surface area contributed by atoms with Crippen LogP contribution in [0.1, 0.15) is 5.56 Å². The molecule has 0 saturated carbocycles. The molecule has 1 aliphatic rings. The van der Waals surface area contributed by atoms with Crippen LogP contribution in [-0.4, -0.2) is 90.0 Å². The van der Waals surface area contributed by atoms with Gasteiger partial charge in [0.1, 0.15) is 0 Å². The van der Waals surface area contributed by atoms with Crippen molar-refractivity contribution in [3.05, 3.63) is 48.0 Å². The molecule has 0 spiro atoms. The molecule has 1 aliphatic heterocycles. The highest BCUT2D eigenvalue weighted by atomic mass is 32.2. The molecule has 0 radical (unpaired) electrons. The lowest BCUT2D eigenvalue weighted by Crippen LogP contribution is -2.44. The van der Waals surface area contributed by atoms with Crippen molar-refractivity contribution in [1.82, 2.24) is 14.1 Å². The zero-order valence-electron chi connectivity index (χ0n) is 18.8. The summed E-state index contributed by atoms with van der Waals surface area (Å²) in [5.41, 5.74) is 3.93. The Morgan fingerprint density at radius 1 is 0.900 bits per heavy atom. The van der Waals surface area contributed by atoms with Gasteiger partial charge in [0.2, 0.25) is 10.0 Å². The highest BCUT2D eigenvalue weighted by Gasteiger charge is 2.23. The average Bonchev–Trinajstić information content (AvgIpc) is 2.72. The molecule has 30 heavy (non-hydrogen) atoms. The van der Waals surface area contributed by atoms with Crippen LogP contribution in [0.3, 0.4) is 0 Å². The van der Waals surface area contributed by atoms with Crippen LogP contribution in [0.4, 0.5) is 5.69 Å². The van der Waals surface area contributed by atoms with Crippen LogP contribution >= 0.6 is 0 Å². The summed E-state index contributed by atoms with van der Waals surface area (Å²) < 4.78 is 27.8. The Bertz CT molecular complexity index is 967. The molecule has 7 heteroatoms. The Morgan fingerprint density at radius 2 is 1.57 bits per heavy atom. The quantitative estimate of drug-likeness (QED) is 0.676. The minimum Gasteiger partial charge on any atom is -0.369 e. The lowest BCUT2D eigenvalue weighted by Gasteiger charge is -2.34. The van der Waals surface area contributed by atoms with Crippen molar-refractivity contribution in [2.75, 3.05) is 72.4 Å². The Balaban J connectivity index is 1.89. The zero-order chi connectivity index (χ0) is 21.9. The van der Waals surface area contributed by atoms with Crippen LogP contribution in [0.25, 0.3) is 11.1 Å². The first-order valence-corrected chi connectivity index (χ1v) is 11.9. The molecule has 0 bridgehead atoms. The van der Waals surface area contributed by atoms with Crippen LogP contribution in [0, 0.1) is 6.92 Å². The molecular weight excluding hydrogens is 396 g/mol. The van der Waals surface area contributed by atoms with E-state index in [0.717, 1.165) is 42.9 Å². The molecule has 0 atom stereocenters. The van der Waals surface area contributed by atoms with Crippen molar-refractivity contribution in [3.63, 3.8) is 0 Å². The van der Waals surface area contributed by atoms with Crippen LogP contribution in [0.5, 0.6) is 0 Å². The Hall–Kier alpha value is -1.93. The summed E-state index contributed by atoms with van der Waals surface area (Å²) in [6.07, 6.45) is 0. The number of aryl methyl sites for hydroxylation is 1. The molecule has 0 unspecified atom stereocenters.